The second kappa shape index (κ2) is 6.37. The van der Waals surface area contributed by atoms with Crippen molar-refractivity contribution in [2.24, 2.45) is 0 Å². The molecule has 0 spiro atoms. The van der Waals surface area contributed by atoms with Crippen molar-refractivity contribution in [2.45, 2.75) is 0 Å². The van der Waals surface area contributed by atoms with Crippen molar-refractivity contribution in [3.63, 3.8) is 0 Å². The van der Waals surface area contributed by atoms with Gasteiger partial charge in [0, 0.05) is 15.0 Å². The van der Waals surface area contributed by atoms with Gasteiger partial charge in [0.15, 0.2) is 0 Å². The van der Waals surface area contributed by atoms with Crippen LogP contribution in [0.15, 0.2) is 45.3 Å². The molecule has 0 atom stereocenters. The minimum Gasteiger partial charge on any atom is -0.497 e. The third kappa shape index (κ3) is 3.37. The largest absolute Gasteiger partial charge is 0.497 e. The van der Waals surface area contributed by atoms with Crippen molar-refractivity contribution >= 4 is 43.5 Å². The monoisotopic (exact) mass is 401 g/mol. The number of carbonyl (C=O) groups is 1. The molecule has 2 rings (SSSR count). The summed E-state index contributed by atoms with van der Waals surface area (Å²) in [5, 5.41) is 2.52. The Kier molecular flexibility index (Phi) is 4.77. The Hall–Kier alpha value is -1.40. The highest BCUT2D eigenvalue weighted by Crippen LogP contribution is 2.25. The molecule has 0 heterocycles. The Morgan fingerprint density at radius 1 is 1.20 bits per heavy atom. The van der Waals surface area contributed by atoms with Crippen molar-refractivity contribution < 1.29 is 13.9 Å². The molecular weight excluding hydrogens is 393 g/mol. The lowest BCUT2D eigenvalue weighted by atomic mass is 10.2. The first-order valence-corrected chi connectivity index (χ1v) is 7.20. The molecule has 2 aromatic carbocycles. The first-order chi connectivity index (χ1) is 9.51. The number of nitrogens with one attached hydrogen (secondary N) is 1. The van der Waals surface area contributed by atoms with Crippen LogP contribution in [-0.2, 0) is 0 Å². The highest BCUT2D eigenvalue weighted by atomic mass is 79.9. The third-order valence-electron chi connectivity index (χ3n) is 2.60. The zero-order valence-corrected chi connectivity index (χ0v) is 13.6. The van der Waals surface area contributed by atoms with Crippen LogP contribution in [0.5, 0.6) is 5.75 Å². The molecule has 0 saturated heterocycles. The molecule has 0 saturated carbocycles. The maximum Gasteiger partial charge on any atom is 0.256 e. The first kappa shape index (κ1) is 15.0. The van der Waals surface area contributed by atoms with Gasteiger partial charge in [-0.15, -0.1) is 0 Å². The Morgan fingerprint density at radius 2 is 1.95 bits per heavy atom. The van der Waals surface area contributed by atoms with Gasteiger partial charge in [0.05, 0.1) is 18.4 Å². The minimum absolute atomic E-state index is 0.0733. The topological polar surface area (TPSA) is 38.3 Å². The average molecular weight is 403 g/mol. The van der Waals surface area contributed by atoms with Crippen LogP contribution in [0.1, 0.15) is 10.4 Å². The molecule has 3 nitrogen and oxygen atoms in total. The Morgan fingerprint density at radius 3 is 2.60 bits per heavy atom. The maximum atomic E-state index is 13.7. The lowest BCUT2D eigenvalue weighted by Crippen LogP contribution is -2.13. The summed E-state index contributed by atoms with van der Waals surface area (Å²) in [6, 6.07) is 9.28. The number of amides is 1. The minimum atomic E-state index is -0.521. The summed E-state index contributed by atoms with van der Waals surface area (Å²) >= 11 is 6.60. The molecule has 6 heteroatoms. The molecule has 20 heavy (non-hydrogen) atoms. The molecule has 0 aliphatic heterocycles. The average Bonchev–Trinajstić information content (AvgIpc) is 2.41. The number of hydrogen-bond donors (Lipinski definition) is 1. The van der Waals surface area contributed by atoms with E-state index in [1.807, 2.05) is 0 Å². The van der Waals surface area contributed by atoms with Crippen LogP contribution in [0.2, 0.25) is 0 Å². The number of rotatable bonds is 3. The van der Waals surface area contributed by atoms with E-state index >= 15 is 0 Å². The Labute approximate surface area is 132 Å². The number of carbonyl (C=O) groups excluding carboxylic acids is 1. The van der Waals surface area contributed by atoms with E-state index < -0.39 is 11.7 Å². The van der Waals surface area contributed by atoms with Gasteiger partial charge < -0.3 is 10.1 Å². The van der Waals surface area contributed by atoms with Gasteiger partial charge in [-0.2, -0.15) is 0 Å². The molecule has 0 fully saturated rings. The summed E-state index contributed by atoms with van der Waals surface area (Å²) in [5.74, 6) is -0.458. The molecule has 0 bridgehead atoms. The molecule has 1 amide bonds. The molecular formula is C14H10Br2FNO2. The zero-order valence-electron chi connectivity index (χ0n) is 10.4. The summed E-state index contributed by atoms with van der Waals surface area (Å²) in [7, 11) is 1.48. The normalized spacial score (nSPS) is 10.2. The smallest absolute Gasteiger partial charge is 0.256 e. The summed E-state index contributed by atoms with van der Waals surface area (Å²) in [4.78, 5) is 12.1. The van der Waals surface area contributed by atoms with Crippen molar-refractivity contribution in [2.75, 3.05) is 12.4 Å². The van der Waals surface area contributed by atoms with E-state index in [9.17, 15) is 9.18 Å². The van der Waals surface area contributed by atoms with E-state index in [0.717, 1.165) is 4.47 Å². The second-order valence-electron chi connectivity index (χ2n) is 3.92. The van der Waals surface area contributed by atoms with Gasteiger partial charge in [-0.25, -0.2) is 4.39 Å². The fraction of sp³-hybridized carbons (Fsp3) is 0.0714. The Balaban J connectivity index is 2.27. The van der Waals surface area contributed by atoms with Gasteiger partial charge >= 0.3 is 0 Å². The van der Waals surface area contributed by atoms with E-state index in [0.29, 0.717) is 15.8 Å². The van der Waals surface area contributed by atoms with Gasteiger partial charge in [-0.1, -0.05) is 15.9 Å². The zero-order chi connectivity index (χ0) is 14.7. The molecule has 0 aromatic heterocycles. The summed E-state index contributed by atoms with van der Waals surface area (Å²) in [5.41, 5.74) is 0.486. The van der Waals surface area contributed by atoms with Gasteiger partial charge in [-0.3, -0.25) is 4.79 Å². The van der Waals surface area contributed by atoms with Crippen molar-refractivity contribution in [3.8, 4) is 5.75 Å². The van der Waals surface area contributed by atoms with Crippen LogP contribution < -0.4 is 10.1 Å². The number of halogens is 3. The van der Waals surface area contributed by atoms with Gasteiger partial charge in [0.2, 0.25) is 0 Å². The highest BCUT2D eigenvalue weighted by Gasteiger charge is 2.13. The van der Waals surface area contributed by atoms with Crippen LogP contribution in [0.4, 0.5) is 10.1 Å². The fourth-order valence-corrected chi connectivity index (χ4v) is 2.82. The molecule has 0 aliphatic rings. The number of benzene rings is 2. The van der Waals surface area contributed by atoms with E-state index in [1.165, 1.54) is 25.3 Å². The van der Waals surface area contributed by atoms with E-state index in [4.69, 9.17) is 4.74 Å². The Bertz CT molecular complexity index is 662. The number of hydrogen-bond acceptors (Lipinski definition) is 2. The highest BCUT2D eigenvalue weighted by molar-refractivity contribution is 9.11. The van der Waals surface area contributed by atoms with Crippen molar-refractivity contribution in [3.05, 3.63) is 56.7 Å². The molecule has 0 unspecified atom stereocenters. The molecule has 0 aliphatic carbocycles. The van der Waals surface area contributed by atoms with Crippen LogP contribution in [-0.4, -0.2) is 13.0 Å². The summed E-state index contributed by atoms with van der Waals surface area (Å²) < 4.78 is 20.1. The van der Waals surface area contributed by atoms with Crippen molar-refractivity contribution in [1.82, 2.24) is 0 Å². The van der Waals surface area contributed by atoms with E-state index in [1.54, 1.807) is 18.2 Å². The first-order valence-electron chi connectivity index (χ1n) is 5.61. The summed E-state index contributed by atoms with van der Waals surface area (Å²) in [6.45, 7) is 0. The standard InChI is InChI=1S/C14H10Br2FNO2/c1-20-9-3-5-12(17)13(7-9)18-14(19)10-4-2-8(15)6-11(10)16/h2-7H,1H3,(H,18,19). The van der Waals surface area contributed by atoms with Crippen molar-refractivity contribution in [1.29, 1.82) is 0 Å². The van der Waals surface area contributed by atoms with Crippen LogP contribution in [0.3, 0.4) is 0 Å². The third-order valence-corrected chi connectivity index (χ3v) is 3.75. The lowest BCUT2D eigenvalue weighted by Gasteiger charge is -2.09. The maximum absolute atomic E-state index is 13.7. The van der Waals surface area contributed by atoms with E-state index in [2.05, 4.69) is 37.2 Å². The predicted octanol–water partition coefficient (Wildman–Crippen LogP) is 4.61. The van der Waals surface area contributed by atoms with Gasteiger partial charge in [0.1, 0.15) is 11.6 Å². The number of anilines is 1. The lowest BCUT2D eigenvalue weighted by molar-refractivity contribution is 0.102. The second-order valence-corrected chi connectivity index (χ2v) is 5.69. The van der Waals surface area contributed by atoms with Crippen LogP contribution >= 0.6 is 31.9 Å². The van der Waals surface area contributed by atoms with Crippen LogP contribution in [0.25, 0.3) is 0 Å². The van der Waals surface area contributed by atoms with Gasteiger partial charge in [0.25, 0.3) is 5.91 Å². The molecule has 1 N–H and O–H groups in total. The number of ether oxygens (including phenoxy) is 1. The van der Waals surface area contributed by atoms with Gasteiger partial charge in [-0.05, 0) is 46.3 Å². The quantitative estimate of drug-likeness (QED) is 0.813. The molecule has 2 aromatic rings. The fourth-order valence-electron chi connectivity index (χ4n) is 1.59. The predicted molar refractivity (Wildman–Crippen MR) is 82.7 cm³/mol. The summed E-state index contributed by atoms with van der Waals surface area (Å²) in [6.07, 6.45) is 0. The molecule has 0 radical (unpaired) electrons. The molecule has 104 valence electrons. The SMILES string of the molecule is COc1ccc(F)c(NC(=O)c2ccc(Br)cc2Br)c1. The number of methoxy groups -OCH3 is 1. The van der Waals surface area contributed by atoms with Crippen LogP contribution in [0, 0.1) is 5.82 Å². The van der Waals surface area contributed by atoms with E-state index in [-0.39, 0.29) is 5.69 Å².